The topological polar surface area (TPSA) is 55.8 Å². The van der Waals surface area contributed by atoms with Crippen molar-refractivity contribution < 1.29 is 23.5 Å². The van der Waals surface area contributed by atoms with E-state index in [9.17, 15) is 14.0 Å². The van der Waals surface area contributed by atoms with Crippen molar-refractivity contribution in [3.63, 3.8) is 0 Å². The Morgan fingerprint density at radius 1 is 1.38 bits per heavy atom. The molecule has 1 aromatic rings. The van der Waals surface area contributed by atoms with E-state index in [-0.39, 0.29) is 18.2 Å². The maximum absolute atomic E-state index is 13.6. The van der Waals surface area contributed by atoms with E-state index in [2.05, 4.69) is 0 Å². The molecule has 1 aliphatic heterocycles. The number of esters is 1. The molecule has 5 nitrogen and oxygen atoms in total. The second-order valence-electron chi connectivity index (χ2n) is 4.84. The van der Waals surface area contributed by atoms with Crippen molar-refractivity contribution in [1.29, 1.82) is 0 Å². The first-order valence-electron chi connectivity index (χ1n) is 6.85. The highest BCUT2D eigenvalue weighted by Gasteiger charge is 2.41. The van der Waals surface area contributed by atoms with E-state index < -0.39 is 23.9 Å². The van der Waals surface area contributed by atoms with Crippen molar-refractivity contribution in [1.82, 2.24) is 4.90 Å². The summed E-state index contributed by atoms with van der Waals surface area (Å²) < 4.78 is 23.9. The molecule has 1 heterocycles. The minimum absolute atomic E-state index is 0.122. The van der Waals surface area contributed by atoms with Crippen LogP contribution < -0.4 is 4.74 Å². The van der Waals surface area contributed by atoms with Gasteiger partial charge in [0, 0.05) is 12.8 Å². The Hall–Kier alpha value is -2.11. The van der Waals surface area contributed by atoms with Crippen LogP contribution in [0.1, 0.15) is 19.8 Å². The molecule has 6 heteroatoms. The number of nitrogens with zero attached hydrogens (tertiary/aromatic N) is 1. The average molecular weight is 295 g/mol. The van der Waals surface area contributed by atoms with Crippen LogP contribution in [0.4, 0.5) is 4.39 Å². The van der Waals surface area contributed by atoms with Crippen molar-refractivity contribution in [2.45, 2.75) is 31.9 Å². The van der Waals surface area contributed by atoms with Gasteiger partial charge in [-0.25, -0.2) is 9.18 Å². The second kappa shape index (κ2) is 6.56. The van der Waals surface area contributed by atoms with Gasteiger partial charge in [0.2, 0.25) is 5.91 Å². The van der Waals surface area contributed by atoms with Gasteiger partial charge in [0.15, 0.2) is 11.6 Å². The molecule has 0 saturated carbocycles. The van der Waals surface area contributed by atoms with Crippen LogP contribution in [-0.2, 0) is 14.3 Å². The molecule has 1 aromatic carbocycles. The van der Waals surface area contributed by atoms with E-state index in [1.165, 1.54) is 24.1 Å². The lowest BCUT2D eigenvalue weighted by atomic mass is 10.2. The van der Waals surface area contributed by atoms with E-state index >= 15 is 0 Å². The number of rotatable bonds is 4. The molecule has 0 spiro atoms. The summed E-state index contributed by atoms with van der Waals surface area (Å²) in [5.41, 5.74) is 0. The Balaban J connectivity index is 2.11. The number of benzene rings is 1. The number of halogens is 1. The molecule has 0 bridgehead atoms. The number of likely N-dealkylation sites (tertiary alicyclic amines) is 1. The van der Waals surface area contributed by atoms with Gasteiger partial charge in [-0.3, -0.25) is 4.79 Å². The van der Waals surface area contributed by atoms with Gasteiger partial charge < -0.3 is 14.4 Å². The van der Waals surface area contributed by atoms with E-state index in [0.717, 1.165) is 0 Å². The number of hydrogen-bond acceptors (Lipinski definition) is 4. The second-order valence-corrected chi connectivity index (χ2v) is 4.84. The molecule has 0 N–H and O–H groups in total. The quantitative estimate of drug-likeness (QED) is 0.794. The maximum atomic E-state index is 13.6. The SMILES string of the molecule is CCC(=O)N1C[C@H](Oc2ccccc2F)C[C@H]1C(=O)OC. The Morgan fingerprint density at radius 2 is 2.10 bits per heavy atom. The molecule has 21 heavy (non-hydrogen) atoms. The molecule has 1 amide bonds. The van der Waals surface area contributed by atoms with Crippen LogP contribution in [-0.4, -0.2) is 42.6 Å². The molecule has 0 radical (unpaired) electrons. The molecule has 0 unspecified atom stereocenters. The number of ether oxygens (including phenoxy) is 2. The molecule has 1 saturated heterocycles. The van der Waals surface area contributed by atoms with Gasteiger partial charge in [0.05, 0.1) is 13.7 Å². The van der Waals surface area contributed by atoms with Gasteiger partial charge in [-0.05, 0) is 12.1 Å². The van der Waals surface area contributed by atoms with Crippen molar-refractivity contribution in [3.05, 3.63) is 30.1 Å². The van der Waals surface area contributed by atoms with E-state index in [1.54, 1.807) is 19.1 Å². The molecule has 2 rings (SSSR count). The van der Waals surface area contributed by atoms with Crippen LogP contribution in [0.3, 0.4) is 0 Å². The first-order chi connectivity index (χ1) is 10.1. The lowest BCUT2D eigenvalue weighted by Gasteiger charge is -2.21. The van der Waals surface area contributed by atoms with E-state index in [1.807, 2.05) is 0 Å². The molecule has 2 atom stereocenters. The fraction of sp³-hybridized carbons (Fsp3) is 0.467. The summed E-state index contributed by atoms with van der Waals surface area (Å²) in [5.74, 6) is -0.967. The third kappa shape index (κ3) is 3.32. The summed E-state index contributed by atoms with van der Waals surface area (Å²) in [6.07, 6.45) is 0.161. The third-order valence-corrected chi connectivity index (χ3v) is 3.49. The normalized spacial score (nSPS) is 21.2. The van der Waals surface area contributed by atoms with Gasteiger partial charge >= 0.3 is 5.97 Å². The third-order valence-electron chi connectivity index (χ3n) is 3.49. The molecule has 1 aliphatic rings. The molecular formula is C15H18FNO4. The van der Waals surface area contributed by atoms with Gasteiger partial charge in [-0.15, -0.1) is 0 Å². The summed E-state index contributed by atoms with van der Waals surface area (Å²) in [7, 11) is 1.28. The zero-order chi connectivity index (χ0) is 15.4. The highest BCUT2D eigenvalue weighted by atomic mass is 19.1. The zero-order valence-electron chi connectivity index (χ0n) is 12.0. The lowest BCUT2D eigenvalue weighted by molar-refractivity contribution is -0.150. The van der Waals surface area contributed by atoms with Crippen LogP contribution in [0.2, 0.25) is 0 Å². The summed E-state index contributed by atoms with van der Waals surface area (Å²) >= 11 is 0. The Labute approximate surface area is 122 Å². The fourth-order valence-electron chi connectivity index (χ4n) is 2.44. The van der Waals surface area contributed by atoms with Crippen molar-refractivity contribution >= 4 is 11.9 Å². The van der Waals surface area contributed by atoms with Gasteiger partial charge in [0.1, 0.15) is 12.1 Å². The molecule has 0 aromatic heterocycles. The Kier molecular flexibility index (Phi) is 4.77. The van der Waals surface area contributed by atoms with Crippen molar-refractivity contribution in [2.24, 2.45) is 0 Å². The number of methoxy groups -OCH3 is 1. The highest BCUT2D eigenvalue weighted by Crippen LogP contribution is 2.26. The number of amides is 1. The standard InChI is InChI=1S/C15H18FNO4/c1-3-14(18)17-9-10(8-12(17)15(19)20-2)21-13-7-5-4-6-11(13)16/h4-7,10,12H,3,8-9H2,1-2H3/t10-,12+/m1/s1. The fourth-order valence-corrected chi connectivity index (χ4v) is 2.44. The number of para-hydroxylation sites is 1. The number of carbonyl (C=O) groups is 2. The van der Waals surface area contributed by atoms with Crippen LogP contribution in [0.25, 0.3) is 0 Å². The molecule has 114 valence electrons. The first-order valence-corrected chi connectivity index (χ1v) is 6.85. The van der Waals surface area contributed by atoms with E-state index in [0.29, 0.717) is 12.8 Å². The summed E-state index contributed by atoms with van der Waals surface area (Å²) in [6.45, 7) is 1.97. The van der Waals surface area contributed by atoms with Gasteiger partial charge in [-0.2, -0.15) is 0 Å². The van der Waals surface area contributed by atoms with Crippen LogP contribution in [0.5, 0.6) is 5.75 Å². The smallest absolute Gasteiger partial charge is 0.328 e. The van der Waals surface area contributed by atoms with E-state index in [4.69, 9.17) is 9.47 Å². The number of hydrogen-bond donors (Lipinski definition) is 0. The van der Waals surface area contributed by atoms with Gasteiger partial charge in [-0.1, -0.05) is 19.1 Å². The molecule has 0 aliphatic carbocycles. The molecular weight excluding hydrogens is 277 g/mol. The van der Waals surface area contributed by atoms with Crippen molar-refractivity contribution in [3.8, 4) is 5.75 Å². The Morgan fingerprint density at radius 3 is 2.71 bits per heavy atom. The first kappa shape index (κ1) is 15.3. The zero-order valence-corrected chi connectivity index (χ0v) is 12.0. The molecule has 1 fully saturated rings. The predicted molar refractivity (Wildman–Crippen MR) is 73.2 cm³/mol. The predicted octanol–water partition coefficient (Wildman–Crippen LogP) is 1.76. The minimum Gasteiger partial charge on any atom is -0.485 e. The van der Waals surface area contributed by atoms with Crippen LogP contribution in [0.15, 0.2) is 24.3 Å². The van der Waals surface area contributed by atoms with Crippen LogP contribution >= 0.6 is 0 Å². The lowest BCUT2D eigenvalue weighted by Crippen LogP contribution is -2.40. The van der Waals surface area contributed by atoms with Crippen molar-refractivity contribution in [2.75, 3.05) is 13.7 Å². The van der Waals surface area contributed by atoms with Crippen LogP contribution in [0, 0.1) is 5.82 Å². The average Bonchev–Trinajstić information content (AvgIpc) is 2.92. The highest BCUT2D eigenvalue weighted by molar-refractivity contribution is 5.85. The number of carbonyl (C=O) groups excluding carboxylic acids is 2. The largest absolute Gasteiger partial charge is 0.485 e. The maximum Gasteiger partial charge on any atom is 0.328 e. The Bertz CT molecular complexity index is 510. The minimum atomic E-state index is -0.667. The summed E-state index contributed by atoms with van der Waals surface area (Å²) in [6, 6.07) is 5.39. The summed E-state index contributed by atoms with van der Waals surface area (Å²) in [4.78, 5) is 25.1. The monoisotopic (exact) mass is 295 g/mol. The van der Waals surface area contributed by atoms with Gasteiger partial charge in [0.25, 0.3) is 0 Å². The summed E-state index contributed by atoms with van der Waals surface area (Å²) in [5, 5.41) is 0.